The van der Waals surface area contributed by atoms with Crippen molar-refractivity contribution in [1.29, 1.82) is 0 Å². The SMILES string of the molecule is CCOC(=O)CCNC(=O)Nc1ccc(O)c(C(=O)O)c1. The number of benzene rings is 1. The van der Waals surface area contributed by atoms with Gasteiger partial charge < -0.3 is 25.6 Å². The molecule has 2 amide bonds. The zero-order chi connectivity index (χ0) is 15.8. The third-order valence-electron chi connectivity index (χ3n) is 2.40. The van der Waals surface area contributed by atoms with E-state index in [4.69, 9.17) is 9.84 Å². The molecule has 0 aromatic heterocycles. The van der Waals surface area contributed by atoms with E-state index in [9.17, 15) is 19.5 Å². The quantitative estimate of drug-likeness (QED) is 0.461. The smallest absolute Gasteiger partial charge is 0.339 e. The molecule has 1 aromatic carbocycles. The number of rotatable bonds is 6. The normalized spacial score (nSPS) is 9.76. The summed E-state index contributed by atoms with van der Waals surface area (Å²) in [4.78, 5) is 33.4. The highest BCUT2D eigenvalue weighted by molar-refractivity contribution is 5.95. The fourth-order valence-corrected chi connectivity index (χ4v) is 1.47. The van der Waals surface area contributed by atoms with E-state index < -0.39 is 23.7 Å². The second-order valence-corrected chi connectivity index (χ2v) is 3.97. The van der Waals surface area contributed by atoms with Crippen molar-refractivity contribution in [2.24, 2.45) is 0 Å². The van der Waals surface area contributed by atoms with E-state index in [-0.39, 0.29) is 30.8 Å². The van der Waals surface area contributed by atoms with Gasteiger partial charge >= 0.3 is 18.0 Å². The first-order chi connectivity index (χ1) is 9.93. The molecule has 0 heterocycles. The summed E-state index contributed by atoms with van der Waals surface area (Å²) in [5.74, 6) is -2.12. The average Bonchev–Trinajstić information content (AvgIpc) is 2.41. The fourth-order valence-electron chi connectivity index (χ4n) is 1.47. The van der Waals surface area contributed by atoms with Crippen molar-refractivity contribution < 1.29 is 29.3 Å². The van der Waals surface area contributed by atoms with E-state index in [1.165, 1.54) is 6.07 Å². The minimum Gasteiger partial charge on any atom is -0.507 e. The van der Waals surface area contributed by atoms with E-state index in [1.54, 1.807) is 6.92 Å². The maximum absolute atomic E-state index is 11.5. The monoisotopic (exact) mass is 296 g/mol. The molecule has 8 nitrogen and oxygen atoms in total. The molecular weight excluding hydrogens is 280 g/mol. The summed E-state index contributed by atoms with van der Waals surface area (Å²) in [6.45, 7) is 2.05. The van der Waals surface area contributed by atoms with Gasteiger partial charge in [0.15, 0.2) is 0 Å². The standard InChI is InChI=1S/C13H16N2O6/c1-2-21-11(17)5-6-14-13(20)15-8-3-4-10(16)9(7-8)12(18)19/h3-4,7,16H,2,5-6H2,1H3,(H,18,19)(H2,14,15,20). The number of carbonyl (C=O) groups excluding carboxylic acids is 2. The Balaban J connectivity index is 2.50. The Hall–Kier alpha value is -2.77. The zero-order valence-corrected chi connectivity index (χ0v) is 11.4. The summed E-state index contributed by atoms with van der Waals surface area (Å²) in [7, 11) is 0. The van der Waals surface area contributed by atoms with Crippen LogP contribution >= 0.6 is 0 Å². The lowest BCUT2D eigenvalue weighted by atomic mass is 10.2. The molecule has 0 radical (unpaired) electrons. The predicted molar refractivity (Wildman–Crippen MR) is 73.3 cm³/mol. The first-order valence-electron chi connectivity index (χ1n) is 6.20. The van der Waals surface area contributed by atoms with Crippen LogP contribution in [0.4, 0.5) is 10.5 Å². The highest BCUT2D eigenvalue weighted by Crippen LogP contribution is 2.21. The number of phenols is 1. The van der Waals surface area contributed by atoms with E-state index in [1.807, 2.05) is 0 Å². The molecule has 4 N–H and O–H groups in total. The number of urea groups is 1. The van der Waals surface area contributed by atoms with Gasteiger partial charge in [0.25, 0.3) is 0 Å². The number of aromatic hydroxyl groups is 1. The maximum Gasteiger partial charge on any atom is 0.339 e. The van der Waals surface area contributed by atoms with Crippen LogP contribution in [0.5, 0.6) is 5.75 Å². The first kappa shape index (κ1) is 16.3. The van der Waals surface area contributed by atoms with Crippen LogP contribution in [-0.2, 0) is 9.53 Å². The van der Waals surface area contributed by atoms with E-state index in [0.29, 0.717) is 0 Å². The molecular formula is C13H16N2O6. The van der Waals surface area contributed by atoms with Crippen LogP contribution in [0.25, 0.3) is 0 Å². The van der Waals surface area contributed by atoms with Crippen LogP contribution in [0, 0.1) is 0 Å². The lowest BCUT2D eigenvalue weighted by Gasteiger charge is -2.08. The molecule has 0 aliphatic rings. The van der Waals surface area contributed by atoms with Crippen LogP contribution in [0.15, 0.2) is 18.2 Å². The van der Waals surface area contributed by atoms with Gasteiger partial charge in [0.2, 0.25) is 0 Å². The second-order valence-electron chi connectivity index (χ2n) is 3.97. The van der Waals surface area contributed by atoms with Gasteiger partial charge in [-0.3, -0.25) is 4.79 Å². The molecule has 0 atom stereocenters. The minimum atomic E-state index is -1.31. The molecule has 8 heteroatoms. The van der Waals surface area contributed by atoms with Crippen LogP contribution < -0.4 is 10.6 Å². The Labute approximate surface area is 120 Å². The topological polar surface area (TPSA) is 125 Å². The molecule has 0 bridgehead atoms. The molecule has 0 aliphatic heterocycles. The molecule has 0 aliphatic carbocycles. The first-order valence-corrected chi connectivity index (χ1v) is 6.20. The summed E-state index contributed by atoms with van der Waals surface area (Å²) < 4.78 is 4.69. The molecule has 0 saturated heterocycles. The van der Waals surface area contributed by atoms with Crippen molar-refractivity contribution in [3.8, 4) is 5.75 Å². The molecule has 1 aromatic rings. The number of hydrogen-bond donors (Lipinski definition) is 4. The molecule has 114 valence electrons. The third kappa shape index (κ3) is 5.39. The van der Waals surface area contributed by atoms with Crippen molar-refractivity contribution in [3.05, 3.63) is 23.8 Å². The highest BCUT2D eigenvalue weighted by atomic mass is 16.5. The van der Waals surface area contributed by atoms with Crippen LogP contribution in [0.2, 0.25) is 0 Å². The molecule has 21 heavy (non-hydrogen) atoms. The van der Waals surface area contributed by atoms with Gasteiger partial charge in [-0.25, -0.2) is 9.59 Å². The Kier molecular flexibility index (Phi) is 5.99. The summed E-state index contributed by atoms with van der Waals surface area (Å²) in [5, 5.41) is 23.0. The summed E-state index contributed by atoms with van der Waals surface area (Å²) in [5.41, 5.74) is -0.113. The largest absolute Gasteiger partial charge is 0.507 e. The number of esters is 1. The second kappa shape index (κ2) is 7.73. The van der Waals surface area contributed by atoms with Gasteiger partial charge in [0.05, 0.1) is 13.0 Å². The van der Waals surface area contributed by atoms with Gasteiger partial charge in [-0.1, -0.05) is 0 Å². The zero-order valence-electron chi connectivity index (χ0n) is 11.4. The van der Waals surface area contributed by atoms with Gasteiger partial charge in [-0.15, -0.1) is 0 Å². The number of nitrogens with one attached hydrogen (secondary N) is 2. The van der Waals surface area contributed by atoms with Crippen LogP contribution in [0.3, 0.4) is 0 Å². The lowest BCUT2D eigenvalue weighted by Crippen LogP contribution is -2.30. The number of carboxylic acids is 1. The Morgan fingerprint density at radius 2 is 2.00 bits per heavy atom. The Bertz CT molecular complexity index is 543. The van der Waals surface area contributed by atoms with Crippen molar-refractivity contribution in [1.82, 2.24) is 5.32 Å². The number of carbonyl (C=O) groups is 3. The van der Waals surface area contributed by atoms with Crippen molar-refractivity contribution in [2.45, 2.75) is 13.3 Å². The molecule has 0 fully saturated rings. The van der Waals surface area contributed by atoms with Crippen LogP contribution in [0.1, 0.15) is 23.7 Å². The summed E-state index contributed by atoms with van der Waals surface area (Å²) in [6.07, 6.45) is 0.0389. The molecule has 0 spiro atoms. The third-order valence-corrected chi connectivity index (χ3v) is 2.40. The summed E-state index contributed by atoms with van der Waals surface area (Å²) in [6, 6.07) is 3.05. The van der Waals surface area contributed by atoms with Crippen molar-refractivity contribution in [3.63, 3.8) is 0 Å². The van der Waals surface area contributed by atoms with Gasteiger partial charge in [0, 0.05) is 12.2 Å². The van der Waals surface area contributed by atoms with Crippen LogP contribution in [-0.4, -0.2) is 41.3 Å². The molecule has 0 unspecified atom stereocenters. The number of hydrogen-bond acceptors (Lipinski definition) is 5. The number of anilines is 1. The van der Waals surface area contributed by atoms with Gasteiger partial charge in [-0.05, 0) is 25.1 Å². The Morgan fingerprint density at radius 1 is 1.29 bits per heavy atom. The lowest BCUT2D eigenvalue weighted by molar-refractivity contribution is -0.142. The number of ether oxygens (including phenoxy) is 1. The predicted octanol–water partition coefficient (Wildman–Crippen LogP) is 1.17. The fraction of sp³-hybridized carbons (Fsp3) is 0.308. The maximum atomic E-state index is 11.5. The van der Waals surface area contributed by atoms with Gasteiger partial charge in [0.1, 0.15) is 11.3 Å². The molecule has 1 rings (SSSR count). The van der Waals surface area contributed by atoms with Crippen molar-refractivity contribution in [2.75, 3.05) is 18.5 Å². The molecule has 0 saturated carbocycles. The van der Waals surface area contributed by atoms with Gasteiger partial charge in [-0.2, -0.15) is 0 Å². The number of amides is 2. The van der Waals surface area contributed by atoms with E-state index in [2.05, 4.69) is 10.6 Å². The number of aromatic carboxylic acids is 1. The highest BCUT2D eigenvalue weighted by Gasteiger charge is 2.11. The Morgan fingerprint density at radius 3 is 2.62 bits per heavy atom. The van der Waals surface area contributed by atoms with E-state index in [0.717, 1.165) is 12.1 Å². The average molecular weight is 296 g/mol. The van der Waals surface area contributed by atoms with Crippen molar-refractivity contribution >= 4 is 23.7 Å². The minimum absolute atomic E-state index is 0.0389. The van der Waals surface area contributed by atoms with E-state index >= 15 is 0 Å². The summed E-state index contributed by atoms with van der Waals surface area (Å²) >= 11 is 0. The number of carboxylic acid groups (broad SMARTS) is 1.